The van der Waals surface area contributed by atoms with Gasteiger partial charge in [-0.1, -0.05) is 24.3 Å². The first-order valence-corrected chi connectivity index (χ1v) is 7.93. The maximum Gasteiger partial charge on any atom is 0.226 e. The lowest BCUT2D eigenvalue weighted by molar-refractivity contribution is -0.137. The minimum Gasteiger partial charge on any atom is -0.338 e. The average Bonchev–Trinajstić information content (AvgIpc) is 3.01. The van der Waals surface area contributed by atoms with Gasteiger partial charge < -0.3 is 4.90 Å². The summed E-state index contributed by atoms with van der Waals surface area (Å²) < 4.78 is 0. The van der Waals surface area contributed by atoms with Crippen LogP contribution in [0.4, 0.5) is 0 Å². The standard InChI is InChI=1S/C16H22N4O/c21-16(12-5-6-14-15(9-12)18-19-17-14)20-8-7-11-3-1-2-4-13(11)10-20/h1-4,12,14-15,17-19H,5-10H2. The smallest absolute Gasteiger partial charge is 0.226 e. The Balaban J connectivity index is 1.44. The molecule has 3 unspecified atom stereocenters. The summed E-state index contributed by atoms with van der Waals surface area (Å²) >= 11 is 0. The first kappa shape index (κ1) is 13.2. The van der Waals surface area contributed by atoms with Crippen LogP contribution in [-0.4, -0.2) is 29.4 Å². The number of benzene rings is 1. The van der Waals surface area contributed by atoms with Crippen LogP contribution in [0.5, 0.6) is 0 Å². The molecule has 1 aromatic carbocycles. The molecule has 3 N–H and O–H groups in total. The summed E-state index contributed by atoms with van der Waals surface area (Å²) in [7, 11) is 0. The second kappa shape index (κ2) is 5.40. The monoisotopic (exact) mass is 286 g/mol. The van der Waals surface area contributed by atoms with E-state index in [2.05, 4.69) is 45.6 Å². The predicted octanol–water partition coefficient (Wildman–Crippen LogP) is 0.721. The molecular weight excluding hydrogens is 264 g/mol. The highest BCUT2D eigenvalue weighted by Gasteiger charge is 2.38. The van der Waals surface area contributed by atoms with Gasteiger partial charge >= 0.3 is 0 Å². The first-order chi connectivity index (χ1) is 10.3. The van der Waals surface area contributed by atoms with Crippen LogP contribution in [0.3, 0.4) is 0 Å². The molecule has 0 bridgehead atoms. The van der Waals surface area contributed by atoms with Crippen molar-refractivity contribution in [2.75, 3.05) is 6.54 Å². The van der Waals surface area contributed by atoms with Crippen LogP contribution >= 0.6 is 0 Å². The molecule has 3 aliphatic rings. The Kier molecular flexibility index (Phi) is 3.41. The van der Waals surface area contributed by atoms with Gasteiger partial charge in [0.1, 0.15) is 0 Å². The van der Waals surface area contributed by atoms with Gasteiger partial charge in [0.2, 0.25) is 5.91 Å². The quantitative estimate of drug-likeness (QED) is 0.712. The molecule has 3 atom stereocenters. The van der Waals surface area contributed by atoms with Gasteiger partial charge in [0.15, 0.2) is 0 Å². The number of hydrogen-bond donors (Lipinski definition) is 3. The molecule has 4 rings (SSSR count). The SMILES string of the molecule is O=C(C1CCC2NNNC2C1)N1CCc2ccccc2C1. The van der Waals surface area contributed by atoms with Gasteiger partial charge in [-0.05, 0) is 36.8 Å². The van der Waals surface area contributed by atoms with Crippen molar-refractivity contribution in [3.8, 4) is 0 Å². The van der Waals surface area contributed by atoms with Crippen LogP contribution in [0, 0.1) is 5.92 Å². The van der Waals surface area contributed by atoms with Crippen LogP contribution in [0.25, 0.3) is 0 Å². The highest BCUT2D eigenvalue weighted by Crippen LogP contribution is 2.29. The van der Waals surface area contributed by atoms with E-state index < -0.39 is 0 Å². The Morgan fingerprint density at radius 3 is 2.81 bits per heavy atom. The molecule has 2 aliphatic heterocycles. The number of carbonyl (C=O) groups is 1. The Morgan fingerprint density at radius 2 is 1.90 bits per heavy atom. The molecule has 5 heteroatoms. The van der Waals surface area contributed by atoms with Gasteiger partial charge in [-0.2, -0.15) is 5.53 Å². The third-order valence-electron chi connectivity index (χ3n) is 5.16. The molecule has 0 aromatic heterocycles. The third kappa shape index (κ3) is 2.46. The van der Waals surface area contributed by atoms with E-state index >= 15 is 0 Å². The number of rotatable bonds is 1. The van der Waals surface area contributed by atoms with Crippen LogP contribution in [0.15, 0.2) is 24.3 Å². The van der Waals surface area contributed by atoms with Crippen LogP contribution in [0.2, 0.25) is 0 Å². The van der Waals surface area contributed by atoms with E-state index in [1.54, 1.807) is 0 Å². The van der Waals surface area contributed by atoms with Gasteiger partial charge in [0.25, 0.3) is 0 Å². The van der Waals surface area contributed by atoms with Crippen LogP contribution in [-0.2, 0) is 17.8 Å². The molecule has 1 aromatic rings. The predicted molar refractivity (Wildman–Crippen MR) is 79.9 cm³/mol. The fourth-order valence-corrected chi connectivity index (χ4v) is 3.90. The van der Waals surface area contributed by atoms with E-state index in [0.29, 0.717) is 18.0 Å². The van der Waals surface area contributed by atoms with E-state index in [0.717, 1.165) is 38.8 Å². The summed E-state index contributed by atoms with van der Waals surface area (Å²) in [6, 6.07) is 9.34. The molecule has 0 radical (unpaired) electrons. The number of nitrogens with zero attached hydrogens (tertiary/aromatic N) is 1. The number of amides is 1. The summed E-state index contributed by atoms with van der Waals surface area (Å²) in [4.78, 5) is 14.9. The van der Waals surface area contributed by atoms with Crippen LogP contribution < -0.4 is 16.4 Å². The summed E-state index contributed by atoms with van der Waals surface area (Å²) in [6.07, 6.45) is 3.98. The van der Waals surface area contributed by atoms with Crippen molar-refractivity contribution >= 4 is 5.91 Å². The van der Waals surface area contributed by atoms with Crippen molar-refractivity contribution in [2.45, 2.75) is 44.3 Å². The molecular formula is C16H22N4O. The lowest BCUT2D eigenvalue weighted by Crippen LogP contribution is -2.46. The van der Waals surface area contributed by atoms with Crippen molar-refractivity contribution in [3.63, 3.8) is 0 Å². The van der Waals surface area contributed by atoms with Crippen molar-refractivity contribution in [1.29, 1.82) is 0 Å². The van der Waals surface area contributed by atoms with E-state index in [1.807, 2.05) is 0 Å². The number of hydrazine groups is 2. The Hall–Kier alpha value is -1.43. The molecule has 1 aliphatic carbocycles. The number of nitrogens with one attached hydrogen (secondary N) is 3. The maximum atomic E-state index is 12.8. The van der Waals surface area contributed by atoms with Crippen LogP contribution in [0.1, 0.15) is 30.4 Å². The van der Waals surface area contributed by atoms with Crippen molar-refractivity contribution in [3.05, 3.63) is 35.4 Å². The van der Waals surface area contributed by atoms with Gasteiger partial charge in [-0.15, -0.1) is 0 Å². The lowest BCUT2D eigenvalue weighted by Gasteiger charge is -2.35. The number of carbonyl (C=O) groups excluding carboxylic acids is 1. The van der Waals surface area contributed by atoms with E-state index in [-0.39, 0.29) is 5.92 Å². The molecule has 1 saturated heterocycles. The fraction of sp³-hybridized carbons (Fsp3) is 0.562. The average molecular weight is 286 g/mol. The normalized spacial score (nSPS) is 31.6. The molecule has 5 nitrogen and oxygen atoms in total. The number of hydrogen-bond acceptors (Lipinski definition) is 4. The highest BCUT2D eigenvalue weighted by molar-refractivity contribution is 5.79. The van der Waals surface area contributed by atoms with Crippen molar-refractivity contribution < 1.29 is 4.79 Å². The van der Waals surface area contributed by atoms with Gasteiger partial charge in [-0.25, -0.2) is 10.9 Å². The van der Waals surface area contributed by atoms with E-state index in [9.17, 15) is 4.79 Å². The Morgan fingerprint density at radius 1 is 1.10 bits per heavy atom. The molecule has 112 valence electrons. The zero-order valence-electron chi connectivity index (χ0n) is 12.1. The summed E-state index contributed by atoms with van der Waals surface area (Å²) in [6.45, 7) is 1.65. The summed E-state index contributed by atoms with van der Waals surface area (Å²) in [5, 5.41) is 0. The molecule has 0 spiro atoms. The molecule has 2 heterocycles. The minimum atomic E-state index is 0.172. The second-order valence-electron chi connectivity index (χ2n) is 6.42. The topological polar surface area (TPSA) is 56.4 Å². The zero-order chi connectivity index (χ0) is 14.2. The highest BCUT2D eigenvalue weighted by atomic mass is 16.2. The maximum absolute atomic E-state index is 12.8. The Bertz CT molecular complexity index is 547. The summed E-state index contributed by atoms with van der Waals surface area (Å²) in [5.41, 5.74) is 12.2. The molecule has 1 saturated carbocycles. The second-order valence-corrected chi connectivity index (χ2v) is 6.42. The Labute approximate surface area is 125 Å². The van der Waals surface area contributed by atoms with Gasteiger partial charge in [0.05, 0.1) is 0 Å². The fourth-order valence-electron chi connectivity index (χ4n) is 3.90. The minimum absolute atomic E-state index is 0.172. The van der Waals surface area contributed by atoms with E-state index in [1.165, 1.54) is 11.1 Å². The molecule has 1 amide bonds. The van der Waals surface area contributed by atoms with Crippen molar-refractivity contribution in [2.24, 2.45) is 5.92 Å². The largest absolute Gasteiger partial charge is 0.338 e. The zero-order valence-corrected chi connectivity index (χ0v) is 12.1. The summed E-state index contributed by atoms with van der Waals surface area (Å²) in [5.74, 6) is 0.516. The van der Waals surface area contributed by atoms with Gasteiger partial charge in [-0.3, -0.25) is 4.79 Å². The lowest BCUT2D eigenvalue weighted by atomic mass is 9.82. The molecule has 21 heavy (non-hydrogen) atoms. The van der Waals surface area contributed by atoms with Crippen molar-refractivity contribution in [1.82, 2.24) is 21.3 Å². The van der Waals surface area contributed by atoms with E-state index in [4.69, 9.17) is 0 Å². The molecule has 2 fully saturated rings. The van der Waals surface area contributed by atoms with Gasteiger partial charge in [0, 0.05) is 31.1 Å². The third-order valence-corrected chi connectivity index (χ3v) is 5.16. The number of fused-ring (bicyclic) bond motifs is 2. The first-order valence-electron chi connectivity index (χ1n) is 7.93.